The summed E-state index contributed by atoms with van der Waals surface area (Å²) >= 11 is 1.65. The molecule has 0 saturated heterocycles. The Balaban J connectivity index is 1.76. The molecule has 1 aromatic carbocycles. The lowest BCUT2D eigenvalue weighted by atomic mass is 10.2. The smallest absolute Gasteiger partial charge is 0.258 e. The molecule has 1 amide bonds. The first-order valence-electron chi connectivity index (χ1n) is 6.14. The van der Waals surface area contributed by atoms with Crippen LogP contribution in [0.4, 0.5) is 0 Å². The lowest BCUT2D eigenvalue weighted by Gasteiger charge is -2.07. The van der Waals surface area contributed by atoms with E-state index in [1.54, 1.807) is 11.3 Å². The first-order valence-corrected chi connectivity index (χ1v) is 7.02. The Bertz CT molecular complexity index is 546. The third-order valence-corrected chi connectivity index (χ3v) is 3.83. The van der Waals surface area contributed by atoms with E-state index in [0.717, 1.165) is 0 Å². The first kappa shape index (κ1) is 13.6. The third-order valence-electron chi connectivity index (χ3n) is 2.81. The number of amides is 1. The van der Waals surface area contributed by atoms with Gasteiger partial charge in [-0.1, -0.05) is 17.7 Å². The highest BCUT2D eigenvalue weighted by molar-refractivity contribution is 7.10. The normalized spacial score (nSPS) is 10.2. The zero-order valence-corrected chi connectivity index (χ0v) is 11.9. The Morgan fingerprint density at radius 3 is 2.58 bits per heavy atom. The summed E-state index contributed by atoms with van der Waals surface area (Å²) in [5.41, 5.74) is 2.38. The van der Waals surface area contributed by atoms with Crippen molar-refractivity contribution in [2.75, 3.05) is 6.61 Å². The minimum atomic E-state index is -0.103. The molecule has 1 heterocycles. The molecule has 0 aliphatic rings. The number of aryl methyl sites for hydroxylation is 2. The SMILES string of the molecule is Cc1ccc(OCC(=O)NCc2sccc2C)cc1. The molecular weight excluding hydrogens is 258 g/mol. The van der Waals surface area contributed by atoms with Crippen molar-refractivity contribution in [2.45, 2.75) is 20.4 Å². The number of nitrogens with one attached hydrogen (secondary N) is 1. The monoisotopic (exact) mass is 275 g/mol. The van der Waals surface area contributed by atoms with Gasteiger partial charge in [-0.3, -0.25) is 4.79 Å². The van der Waals surface area contributed by atoms with E-state index >= 15 is 0 Å². The van der Waals surface area contributed by atoms with E-state index in [2.05, 4.69) is 11.4 Å². The molecule has 0 atom stereocenters. The molecule has 1 aromatic heterocycles. The van der Waals surface area contributed by atoms with Gasteiger partial charge in [0.25, 0.3) is 5.91 Å². The maximum Gasteiger partial charge on any atom is 0.258 e. The van der Waals surface area contributed by atoms with E-state index in [1.165, 1.54) is 16.0 Å². The Hall–Kier alpha value is -1.81. The number of hydrogen-bond donors (Lipinski definition) is 1. The average molecular weight is 275 g/mol. The maximum atomic E-state index is 11.7. The molecule has 0 radical (unpaired) electrons. The fourth-order valence-electron chi connectivity index (χ4n) is 1.60. The van der Waals surface area contributed by atoms with E-state index in [9.17, 15) is 4.79 Å². The van der Waals surface area contributed by atoms with Gasteiger partial charge in [-0.2, -0.15) is 0 Å². The van der Waals surface area contributed by atoms with Crippen LogP contribution in [0.15, 0.2) is 35.7 Å². The van der Waals surface area contributed by atoms with Crippen LogP contribution in [0, 0.1) is 13.8 Å². The second kappa shape index (κ2) is 6.38. The van der Waals surface area contributed by atoms with Crippen LogP contribution in [0.1, 0.15) is 16.0 Å². The Morgan fingerprint density at radius 1 is 1.21 bits per heavy atom. The largest absolute Gasteiger partial charge is 0.484 e. The Morgan fingerprint density at radius 2 is 1.95 bits per heavy atom. The second-order valence-electron chi connectivity index (χ2n) is 4.41. The maximum absolute atomic E-state index is 11.7. The third kappa shape index (κ3) is 4.10. The number of benzene rings is 1. The summed E-state index contributed by atoms with van der Waals surface area (Å²) in [6.07, 6.45) is 0. The van der Waals surface area contributed by atoms with Crippen LogP contribution in [0.2, 0.25) is 0 Å². The van der Waals surface area contributed by atoms with Gasteiger partial charge < -0.3 is 10.1 Å². The molecule has 0 unspecified atom stereocenters. The molecule has 19 heavy (non-hydrogen) atoms. The standard InChI is InChI=1S/C15H17NO2S/c1-11-3-5-13(6-4-11)18-10-15(17)16-9-14-12(2)7-8-19-14/h3-8H,9-10H2,1-2H3,(H,16,17). The summed E-state index contributed by atoms with van der Waals surface area (Å²) in [5, 5.41) is 4.88. The van der Waals surface area contributed by atoms with Crippen LogP contribution in [0.5, 0.6) is 5.75 Å². The number of hydrogen-bond acceptors (Lipinski definition) is 3. The highest BCUT2D eigenvalue weighted by Gasteiger charge is 2.05. The number of rotatable bonds is 5. The van der Waals surface area contributed by atoms with E-state index in [1.807, 2.05) is 43.5 Å². The summed E-state index contributed by atoms with van der Waals surface area (Å²) in [4.78, 5) is 12.8. The molecule has 2 aromatic rings. The zero-order chi connectivity index (χ0) is 13.7. The lowest BCUT2D eigenvalue weighted by Crippen LogP contribution is -2.28. The van der Waals surface area contributed by atoms with Gasteiger partial charge in [-0.15, -0.1) is 11.3 Å². The van der Waals surface area contributed by atoms with Crippen molar-refractivity contribution in [3.63, 3.8) is 0 Å². The molecule has 0 bridgehead atoms. The molecule has 0 saturated carbocycles. The van der Waals surface area contributed by atoms with Crippen LogP contribution >= 0.6 is 11.3 Å². The van der Waals surface area contributed by atoms with Gasteiger partial charge in [0.1, 0.15) is 5.75 Å². The van der Waals surface area contributed by atoms with E-state index in [4.69, 9.17) is 4.74 Å². The highest BCUT2D eigenvalue weighted by Crippen LogP contribution is 2.15. The molecule has 0 aliphatic heterocycles. The fourth-order valence-corrected chi connectivity index (χ4v) is 2.44. The molecule has 0 fully saturated rings. The molecule has 100 valence electrons. The predicted molar refractivity (Wildman–Crippen MR) is 77.6 cm³/mol. The average Bonchev–Trinajstić information content (AvgIpc) is 2.81. The van der Waals surface area contributed by atoms with Crippen LogP contribution in [0.3, 0.4) is 0 Å². The van der Waals surface area contributed by atoms with Crippen LogP contribution in [-0.4, -0.2) is 12.5 Å². The summed E-state index contributed by atoms with van der Waals surface area (Å²) in [5.74, 6) is 0.612. The van der Waals surface area contributed by atoms with E-state index < -0.39 is 0 Å². The van der Waals surface area contributed by atoms with Gasteiger partial charge in [-0.25, -0.2) is 0 Å². The number of carbonyl (C=O) groups is 1. The topological polar surface area (TPSA) is 38.3 Å². The quantitative estimate of drug-likeness (QED) is 0.910. The highest BCUT2D eigenvalue weighted by atomic mass is 32.1. The lowest BCUT2D eigenvalue weighted by molar-refractivity contribution is -0.123. The Kier molecular flexibility index (Phi) is 4.58. The van der Waals surface area contributed by atoms with Gasteiger partial charge in [0.15, 0.2) is 6.61 Å². The van der Waals surface area contributed by atoms with Crippen LogP contribution < -0.4 is 10.1 Å². The second-order valence-corrected chi connectivity index (χ2v) is 5.41. The first-order chi connectivity index (χ1) is 9.15. The van der Waals surface area contributed by atoms with Crippen molar-refractivity contribution in [1.29, 1.82) is 0 Å². The van der Waals surface area contributed by atoms with Crippen molar-refractivity contribution in [2.24, 2.45) is 0 Å². The van der Waals surface area contributed by atoms with Gasteiger partial charge in [0.2, 0.25) is 0 Å². The molecular formula is C15H17NO2S. The molecule has 1 N–H and O–H groups in total. The number of carbonyl (C=O) groups excluding carboxylic acids is 1. The van der Waals surface area contributed by atoms with Crippen molar-refractivity contribution in [3.8, 4) is 5.75 Å². The van der Waals surface area contributed by atoms with Crippen molar-refractivity contribution in [3.05, 3.63) is 51.7 Å². The molecule has 4 heteroatoms. The number of thiophene rings is 1. The van der Waals surface area contributed by atoms with Gasteiger partial charge >= 0.3 is 0 Å². The van der Waals surface area contributed by atoms with Gasteiger partial charge in [0.05, 0.1) is 6.54 Å². The van der Waals surface area contributed by atoms with Gasteiger partial charge in [-0.05, 0) is 43.0 Å². The molecule has 0 aliphatic carbocycles. The summed E-state index contributed by atoms with van der Waals surface area (Å²) in [6, 6.07) is 9.71. The summed E-state index contributed by atoms with van der Waals surface area (Å²) in [7, 11) is 0. The van der Waals surface area contributed by atoms with Crippen molar-refractivity contribution >= 4 is 17.2 Å². The van der Waals surface area contributed by atoms with Gasteiger partial charge in [0, 0.05) is 4.88 Å². The van der Waals surface area contributed by atoms with Crippen molar-refractivity contribution < 1.29 is 9.53 Å². The molecule has 2 rings (SSSR count). The minimum Gasteiger partial charge on any atom is -0.484 e. The fraction of sp³-hybridized carbons (Fsp3) is 0.267. The molecule has 3 nitrogen and oxygen atoms in total. The number of ether oxygens (including phenoxy) is 1. The van der Waals surface area contributed by atoms with Crippen LogP contribution in [-0.2, 0) is 11.3 Å². The van der Waals surface area contributed by atoms with E-state index in [0.29, 0.717) is 12.3 Å². The summed E-state index contributed by atoms with van der Waals surface area (Å²) < 4.78 is 5.41. The van der Waals surface area contributed by atoms with E-state index in [-0.39, 0.29) is 12.5 Å². The van der Waals surface area contributed by atoms with Crippen molar-refractivity contribution in [1.82, 2.24) is 5.32 Å². The molecule has 0 spiro atoms. The Labute approximate surface area is 117 Å². The zero-order valence-electron chi connectivity index (χ0n) is 11.1. The summed E-state index contributed by atoms with van der Waals surface area (Å²) in [6.45, 7) is 4.67. The predicted octanol–water partition coefficient (Wildman–Crippen LogP) is 3.06. The minimum absolute atomic E-state index is 0.0491. The van der Waals surface area contributed by atoms with Crippen LogP contribution in [0.25, 0.3) is 0 Å².